The van der Waals surface area contributed by atoms with E-state index in [-0.39, 0.29) is 5.92 Å². The van der Waals surface area contributed by atoms with Gasteiger partial charge in [0.05, 0.1) is 6.61 Å². The molecule has 1 heterocycles. The molecule has 2 fully saturated rings. The summed E-state index contributed by atoms with van der Waals surface area (Å²) in [6.07, 6.45) is 12.0. The van der Waals surface area contributed by atoms with E-state index in [1.165, 1.54) is 6.42 Å². The van der Waals surface area contributed by atoms with E-state index in [9.17, 15) is 14.7 Å². The normalized spacial score (nSPS) is 20.8. The third-order valence-electron chi connectivity index (χ3n) is 7.17. The number of ether oxygens (including phenoxy) is 1. The van der Waals surface area contributed by atoms with Gasteiger partial charge in [-0.1, -0.05) is 56.0 Å². The third-order valence-corrected chi connectivity index (χ3v) is 7.17. The predicted octanol–water partition coefficient (Wildman–Crippen LogP) is 4.47. The summed E-state index contributed by atoms with van der Waals surface area (Å²) in [5.41, 5.74) is -0.875. The lowest BCUT2D eigenvalue weighted by Crippen LogP contribution is -2.46. The monoisotopic (exact) mass is 429 g/mol. The highest BCUT2D eigenvalue weighted by Crippen LogP contribution is 2.40. The number of rotatable bonds is 11. The molecular weight excluding hydrogens is 390 g/mol. The molecule has 1 N–H and O–H groups in total. The number of unbranched alkanes of at least 4 members (excludes halogenated alkanes) is 3. The van der Waals surface area contributed by atoms with Gasteiger partial charge in [-0.05, 0) is 69.6 Å². The SMILES string of the molecule is O=CCCCCCN1CCC(COC(=O)C(O)(c2ccccc2)C2CCCCC2)CC1. The highest BCUT2D eigenvalue weighted by molar-refractivity contribution is 5.81. The molecule has 1 unspecified atom stereocenters. The zero-order valence-electron chi connectivity index (χ0n) is 18.8. The summed E-state index contributed by atoms with van der Waals surface area (Å²) in [6, 6.07) is 9.37. The zero-order chi connectivity index (χ0) is 21.9. The summed E-state index contributed by atoms with van der Waals surface area (Å²) in [5.74, 6) is -0.179. The first-order chi connectivity index (χ1) is 15.1. The van der Waals surface area contributed by atoms with Gasteiger partial charge in [-0.15, -0.1) is 0 Å². The highest BCUT2D eigenvalue weighted by atomic mass is 16.5. The molecular formula is C26H39NO4. The number of piperidine rings is 1. The number of hydrogen-bond donors (Lipinski definition) is 1. The van der Waals surface area contributed by atoms with Crippen molar-refractivity contribution in [3.8, 4) is 0 Å². The van der Waals surface area contributed by atoms with E-state index in [1.807, 2.05) is 30.3 Å². The summed E-state index contributed by atoms with van der Waals surface area (Å²) in [7, 11) is 0. The lowest BCUT2D eigenvalue weighted by atomic mass is 9.73. The number of nitrogens with zero attached hydrogens (tertiary/aromatic N) is 1. The van der Waals surface area contributed by atoms with Crippen LogP contribution in [0.5, 0.6) is 0 Å². The van der Waals surface area contributed by atoms with Crippen LogP contribution in [0.1, 0.15) is 76.2 Å². The molecule has 1 aromatic carbocycles. The molecule has 0 radical (unpaired) electrons. The minimum atomic E-state index is -1.54. The Bertz CT molecular complexity index is 665. The lowest BCUT2D eigenvalue weighted by Gasteiger charge is -2.37. The maximum atomic E-state index is 13.2. The molecule has 0 aromatic heterocycles. The van der Waals surface area contributed by atoms with Crippen molar-refractivity contribution < 1.29 is 19.4 Å². The smallest absolute Gasteiger partial charge is 0.343 e. The maximum Gasteiger partial charge on any atom is 0.343 e. The van der Waals surface area contributed by atoms with Crippen LogP contribution in [0, 0.1) is 11.8 Å². The number of carbonyl (C=O) groups is 2. The zero-order valence-corrected chi connectivity index (χ0v) is 18.8. The van der Waals surface area contributed by atoms with Gasteiger partial charge in [-0.3, -0.25) is 0 Å². The summed E-state index contributed by atoms with van der Waals surface area (Å²) in [6.45, 7) is 3.54. The minimum Gasteiger partial charge on any atom is -0.463 e. The Labute approximate surface area is 187 Å². The van der Waals surface area contributed by atoms with Crippen LogP contribution in [0.2, 0.25) is 0 Å². The van der Waals surface area contributed by atoms with E-state index in [0.29, 0.717) is 24.5 Å². The molecule has 1 aliphatic heterocycles. The fourth-order valence-corrected chi connectivity index (χ4v) is 5.15. The van der Waals surface area contributed by atoms with Crippen LogP contribution in [0.25, 0.3) is 0 Å². The van der Waals surface area contributed by atoms with Gasteiger partial charge in [0.25, 0.3) is 0 Å². The highest BCUT2D eigenvalue weighted by Gasteiger charge is 2.47. The topological polar surface area (TPSA) is 66.8 Å². The third kappa shape index (κ3) is 6.63. The molecule has 31 heavy (non-hydrogen) atoms. The Balaban J connectivity index is 1.48. The number of esters is 1. The van der Waals surface area contributed by atoms with Crippen molar-refractivity contribution in [2.75, 3.05) is 26.2 Å². The molecule has 0 amide bonds. The summed E-state index contributed by atoms with van der Waals surface area (Å²) in [5, 5.41) is 11.6. The van der Waals surface area contributed by atoms with Gasteiger partial charge < -0.3 is 19.5 Å². The second kappa shape index (κ2) is 12.4. The molecule has 1 aromatic rings. The molecule has 1 atom stereocenters. The van der Waals surface area contributed by atoms with Crippen LogP contribution in [0.4, 0.5) is 0 Å². The van der Waals surface area contributed by atoms with E-state index in [4.69, 9.17) is 4.74 Å². The fourth-order valence-electron chi connectivity index (χ4n) is 5.15. The summed E-state index contributed by atoms with van der Waals surface area (Å²) < 4.78 is 5.77. The van der Waals surface area contributed by atoms with Gasteiger partial charge in [-0.25, -0.2) is 4.79 Å². The van der Waals surface area contributed by atoms with Crippen LogP contribution in [-0.4, -0.2) is 48.5 Å². The molecule has 1 saturated carbocycles. The molecule has 5 nitrogen and oxygen atoms in total. The fraction of sp³-hybridized carbons (Fsp3) is 0.692. The quantitative estimate of drug-likeness (QED) is 0.319. The average molecular weight is 430 g/mol. The summed E-state index contributed by atoms with van der Waals surface area (Å²) in [4.78, 5) is 26.1. The summed E-state index contributed by atoms with van der Waals surface area (Å²) >= 11 is 0. The van der Waals surface area contributed by atoms with Gasteiger partial charge in [0.2, 0.25) is 0 Å². The van der Waals surface area contributed by atoms with Gasteiger partial charge in [-0.2, -0.15) is 0 Å². The second-order valence-corrected chi connectivity index (χ2v) is 9.37. The van der Waals surface area contributed by atoms with Crippen molar-refractivity contribution in [3.05, 3.63) is 35.9 Å². The van der Waals surface area contributed by atoms with Crippen LogP contribution in [-0.2, 0) is 19.9 Å². The Hall–Kier alpha value is -1.72. The molecule has 5 heteroatoms. The first-order valence-electron chi connectivity index (χ1n) is 12.3. The number of carbonyl (C=O) groups excluding carboxylic acids is 2. The molecule has 1 saturated heterocycles. The van der Waals surface area contributed by atoms with Crippen LogP contribution in [0.3, 0.4) is 0 Å². The molecule has 1 aliphatic carbocycles. The number of aliphatic hydroxyl groups is 1. The molecule has 2 aliphatic rings. The van der Waals surface area contributed by atoms with Crippen molar-refractivity contribution in [2.24, 2.45) is 11.8 Å². The van der Waals surface area contributed by atoms with E-state index in [1.54, 1.807) is 0 Å². The van der Waals surface area contributed by atoms with Gasteiger partial charge >= 0.3 is 5.97 Å². The number of aldehydes is 1. The van der Waals surface area contributed by atoms with Crippen molar-refractivity contribution in [3.63, 3.8) is 0 Å². The van der Waals surface area contributed by atoms with Crippen molar-refractivity contribution in [2.45, 2.75) is 76.2 Å². The number of hydrogen-bond acceptors (Lipinski definition) is 5. The molecule has 0 bridgehead atoms. The second-order valence-electron chi connectivity index (χ2n) is 9.37. The first kappa shape index (κ1) is 23.9. The van der Waals surface area contributed by atoms with Crippen molar-refractivity contribution >= 4 is 12.3 Å². The van der Waals surface area contributed by atoms with Crippen molar-refractivity contribution in [1.82, 2.24) is 4.90 Å². The Kier molecular flexibility index (Phi) is 9.54. The Morgan fingerprint density at radius 1 is 1.03 bits per heavy atom. The average Bonchev–Trinajstić information content (AvgIpc) is 2.83. The van der Waals surface area contributed by atoms with Crippen LogP contribution < -0.4 is 0 Å². The largest absolute Gasteiger partial charge is 0.463 e. The van der Waals surface area contributed by atoms with Gasteiger partial charge in [0.1, 0.15) is 6.29 Å². The van der Waals surface area contributed by atoms with Gasteiger partial charge in [0.15, 0.2) is 5.60 Å². The Morgan fingerprint density at radius 2 is 1.74 bits per heavy atom. The molecule has 172 valence electrons. The number of likely N-dealkylation sites (tertiary alicyclic amines) is 1. The van der Waals surface area contributed by atoms with Gasteiger partial charge in [0, 0.05) is 12.3 Å². The van der Waals surface area contributed by atoms with Crippen molar-refractivity contribution in [1.29, 1.82) is 0 Å². The van der Waals surface area contributed by atoms with Crippen LogP contribution in [0.15, 0.2) is 30.3 Å². The van der Waals surface area contributed by atoms with E-state index < -0.39 is 11.6 Å². The maximum absolute atomic E-state index is 13.2. The molecule has 0 spiro atoms. The van der Waals surface area contributed by atoms with E-state index in [2.05, 4.69) is 4.90 Å². The number of benzene rings is 1. The lowest BCUT2D eigenvalue weighted by molar-refractivity contribution is -0.177. The predicted molar refractivity (Wildman–Crippen MR) is 122 cm³/mol. The Morgan fingerprint density at radius 3 is 2.42 bits per heavy atom. The first-order valence-corrected chi connectivity index (χ1v) is 12.3. The van der Waals surface area contributed by atoms with Crippen LogP contribution >= 0.6 is 0 Å². The van der Waals surface area contributed by atoms with E-state index >= 15 is 0 Å². The standard InChI is InChI=1S/C26H39NO4/c28-20-10-2-1-9-17-27-18-15-22(16-19-27)21-31-25(29)26(30,23-11-5-3-6-12-23)24-13-7-4-8-14-24/h3,5-6,11-12,20,22,24,30H,1-2,4,7-10,13-19,21H2. The minimum absolute atomic E-state index is 0.0720. The molecule has 3 rings (SSSR count). The van der Waals surface area contributed by atoms with E-state index in [0.717, 1.165) is 83.7 Å².